The smallest absolute Gasteiger partial charge is 0.258 e. The summed E-state index contributed by atoms with van der Waals surface area (Å²) >= 11 is 3.46. The van der Waals surface area contributed by atoms with Crippen LogP contribution in [0.15, 0.2) is 28.7 Å². The predicted octanol–water partition coefficient (Wildman–Crippen LogP) is 3.22. The maximum absolute atomic E-state index is 10.9. The monoisotopic (exact) mass is 309 g/mol. The van der Waals surface area contributed by atoms with E-state index >= 15 is 0 Å². The third-order valence-electron chi connectivity index (χ3n) is 2.80. The van der Waals surface area contributed by atoms with Crippen LogP contribution in [0.4, 0.5) is 5.69 Å². The first kappa shape index (κ1) is 12.8. The number of nitro groups is 1. The summed E-state index contributed by atoms with van der Waals surface area (Å²) in [6, 6.07) is 7.76. The van der Waals surface area contributed by atoms with Crippen molar-refractivity contribution in [2.75, 3.05) is 0 Å². The van der Waals surface area contributed by atoms with Crippen LogP contribution in [-0.4, -0.2) is 14.7 Å². The lowest BCUT2D eigenvalue weighted by molar-refractivity contribution is -0.386. The highest BCUT2D eigenvalue weighted by molar-refractivity contribution is 9.10. The Bertz CT molecular complexity index is 607. The molecule has 1 aromatic carbocycles. The standard InChI is InChI=1S/C12H12BrN3O2/c1-8-12(16(17)18)9(2)15(14-8)7-10-5-3-4-6-11(10)13/h3-6H,7H2,1-2H3. The van der Waals surface area contributed by atoms with Gasteiger partial charge in [-0.05, 0) is 25.5 Å². The molecule has 0 N–H and O–H groups in total. The molecule has 0 saturated carbocycles. The predicted molar refractivity (Wildman–Crippen MR) is 71.6 cm³/mol. The first-order chi connectivity index (χ1) is 8.50. The van der Waals surface area contributed by atoms with E-state index in [4.69, 9.17) is 0 Å². The molecule has 94 valence electrons. The quantitative estimate of drug-likeness (QED) is 0.646. The zero-order valence-electron chi connectivity index (χ0n) is 10.1. The SMILES string of the molecule is Cc1nn(Cc2ccccc2Br)c(C)c1[N+](=O)[O-]. The van der Waals surface area contributed by atoms with E-state index in [0.29, 0.717) is 17.9 Å². The van der Waals surface area contributed by atoms with Gasteiger partial charge in [0.15, 0.2) is 0 Å². The summed E-state index contributed by atoms with van der Waals surface area (Å²) in [7, 11) is 0. The van der Waals surface area contributed by atoms with Crippen molar-refractivity contribution in [3.63, 3.8) is 0 Å². The Kier molecular flexibility index (Phi) is 3.47. The van der Waals surface area contributed by atoms with E-state index < -0.39 is 0 Å². The molecule has 1 heterocycles. The molecule has 1 aromatic heterocycles. The summed E-state index contributed by atoms with van der Waals surface area (Å²) in [5.41, 5.74) is 2.16. The number of halogens is 1. The fraction of sp³-hybridized carbons (Fsp3) is 0.250. The second-order valence-electron chi connectivity index (χ2n) is 4.03. The molecular weight excluding hydrogens is 298 g/mol. The van der Waals surface area contributed by atoms with Crippen LogP contribution in [-0.2, 0) is 6.54 Å². The van der Waals surface area contributed by atoms with Crippen molar-refractivity contribution >= 4 is 21.6 Å². The van der Waals surface area contributed by atoms with Crippen LogP contribution in [0.2, 0.25) is 0 Å². The van der Waals surface area contributed by atoms with Crippen molar-refractivity contribution in [3.05, 3.63) is 55.8 Å². The highest BCUT2D eigenvalue weighted by atomic mass is 79.9. The van der Waals surface area contributed by atoms with Gasteiger partial charge < -0.3 is 0 Å². The molecule has 0 aliphatic carbocycles. The number of hydrogen-bond acceptors (Lipinski definition) is 3. The number of benzene rings is 1. The largest absolute Gasteiger partial charge is 0.312 e. The summed E-state index contributed by atoms with van der Waals surface area (Å²) in [4.78, 5) is 10.5. The first-order valence-electron chi connectivity index (χ1n) is 5.42. The molecule has 2 aromatic rings. The zero-order chi connectivity index (χ0) is 13.3. The van der Waals surface area contributed by atoms with Gasteiger partial charge in [-0.25, -0.2) is 0 Å². The Morgan fingerprint density at radius 1 is 1.39 bits per heavy atom. The lowest BCUT2D eigenvalue weighted by Gasteiger charge is -2.05. The Hall–Kier alpha value is -1.69. The van der Waals surface area contributed by atoms with Gasteiger partial charge in [-0.15, -0.1) is 0 Å². The average molecular weight is 310 g/mol. The van der Waals surface area contributed by atoms with Crippen molar-refractivity contribution in [1.29, 1.82) is 0 Å². The highest BCUT2D eigenvalue weighted by Crippen LogP contribution is 2.24. The van der Waals surface area contributed by atoms with E-state index in [1.165, 1.54) is 0 Å². The van der Waals surface area contributed by atoms with Crippen LogP contribution in [0.5, 0.6) is 0 Å². The molecule has 6 heteroatoms. The van der Waals surface area contributed by atoms with E-state index in [1.54, 1.807) is 18.5 Å². The lowest BCUT2D eigenvalue weighted by atomic mass is 10.2. The molecule has 0 bridgehead atoms. The Morgan fingerprint density at radius 2 is 2.06 bits per heavy atom. The lowest BCUT2D eigenvalue weighted by Crippen LogP contribution is -2.04. The van der Waals surface area contributed by atoms with Crippen LogP contribution < -0.4 is 0 Å². The zero-order valence-corrected chi connectivity index (χ0v) is 11.6. The maximum atomic E-state index is 10.9. The van der Waals surface area contributed by atoms with Crippen LogP contribution >= 0.6 is 15.9 Å². The molecule has 18 heavy (non-hydrogen) atoms. The van der Waals surface area contributed by atoms with Crippen LogP contribution in [0.3, 0.4) is 0 Å². The molecule has 0 spiro atoms. The summed E-state index contributed by atoms with van der Waals surface area (Å²) in [5.74, 6) is 0. The number of hydrogen-bond donors (Lipinski definition) is 0. The van der Waals surface area contributed by atoms with E-state index in [9.17, 15) is 10.1 Å². The van der Waals surface area contributed by atoms with Gasteiger partial charge in [0.1, 0.15) is 11.4 Å². The summed E-state index contributed by atoms with van der Waals surface area (Å²) in [6.07, 6.45) is 0. The number of aromatic nitrogens is 2. The molecule has 0 atom stereocenters. The molecule has 0 radical (unpaired) electrons. The molecular formula is C12H12BrN3O2. The second-order valence-corrected chi connectivity index (χ2v) is 4.88. The van der Waals surface area contributed by atoms with Gasteiger partial charge in [-0.1, -0.05) is 34.1 Å². The normalized spacial score (nSPS) is 10.6. The van der Waals surface area contributed by atoms with E-state index in [1.807, 2.05) is 24.3 Å². The number of rotatable bonds is 3. The molecule has 2 rings (SSSR count). The van der Waals surface area contributed by atoms with Gasteiger partial charge in [-0.3, -0.25) is 14.8 Å². The number of nitrogens with zero attached hydrogens (tertiary/aromatic N) is 3. The van der Waals surface area contributed by atoms with Crippen molar-refractivity contribution in [1.82, 2.24) is 9.78 Å². The third kappa shape index (κ3) is 2.28. The average Bonchev–Trinajstić information content (AvgIpc) is 2.57. The summed E-state index contributed by atoms with van der Waals surface area (Å²) < 4.78 is 2.63. The van der Waals surface area contributed by atoms with Gasteiger partial charge in [-0.2, -0.15) is 5.10 Å². The molecule has 0 aliphatic rings. The molecule has 0 saturated heterocycles. The van der Waals surface area contributed by atoms with Crippen LogP contribution in [0, 0.1) is 24.0 Å². The Labute approximate surface area is 113 Å². The van der Waals surface area contributed by atoms with Gasteiger partial charge in [0.2, 0.25) is 0 Å². The molecule has 5 nitrogen and oxygen atoms in total. The van der Waals surface area contributed by atoms with Crippen LogP contribution in [0.1, 0.15) is 17.0 Å². The van der Waals surface area contributed by atoms with Crippen molar-refractivity contribution < 1.29 is 4.92 Å². The highest BCUT2D eigenvalue weighted by Gasteiger charge is 2.21. The fourth-order valence-electron chi connectivity index (χ4n) is 1.89. The maximum Gasteiger partial charge on any atom is 0.312 e. The van der Waals surface area contributed by atoms with Crippen molar-refractivity contribution in [2.24, 2.45) is 0 Å². The molecule has 0 aliphatic heterocycles. The topological polar surface area (TPSA) is 61.0 Å². The third-order valence-corrected chi connectivity index (χ3v) is 3.58. The minimum Gasteiger partial charge on any atom is -0.258 e. The second kappa shape index (κ2) is 4.89. The van der Waals surface area contributed by atoms with Gasteiger partial charge in [0.05, 0.1) is 11.5 Å². The first-order valence-corrected chi connectivity index (χ1v) is 6.22. The fourth-order valence-corrected chi connectivity index (χ4v) is 2.30. The Morgan fingerprint density at radius 3 is 2.61 bits per heavy atom. The number of aryl methyl sites for hydroxylation is 1. The Balaban J connectivity index is 2.39. The summed E-state index contributed by atoms with van der Waals surface area (Å²) in [5, 5.41) is 15.1. The summed E-state index contributed by atoms with van der Waals surface area (Å²) in [6.45, 7) is 3.89. The molecule has 0 unspecified atom stereocenters. The van der Waals surface area contributed by atoms with Gasteiger partial charge in [0, 0.05) is 4.47 Å². The van der Waals surface area contributed by atoms with E-state index in [0.717, 1.165) is 10.0 Å². The van der Waals surface area contributed by atoms with E-state index in [2.05, 4.69) is 21.0 Å². The minimum atomic E-state index is -0.381. The molecule has 0 amide bonds. The van der Waals surface area contributed by atoms with Gasteiger partial charge in [0.25, 0.3) is 0 Å². The van der Waals surface area contributed by atoms with E-state index in [-0.39, 0.29) is 10.6 Å². The van der Waals surface area contributed by atoms with Crippen molar-refractivity contribution in [3.8, 4) is 0 Å². The molecule has 0 fully saturated rings. The van der Waals surface area contributed by atoms with Crippen molar-refractivity contribution in [2.45, 2.75) is 20.4 Å². The minimum absolute atomic E-state index is 0.0991. The van der Waals surface area contributed by atoms with Gasteiger partial charge >= 0.3 is 5.69 Å². The van der Waals surface area contributed by atoms with Crippen LogP contribution in [0.25, 0.3) is 0 Å².